The first kappa shape index (κ1) is 11.5. The Morgan fingerprint density at radius 2 is 2.07 bits per heavy atom. The van der Waals surface area contributed by atoms with Gasteiger partial charge in [-0.15, -0.1) is 0 Å². The van der Waals surface area contributed by atoms with Crippen molar-refractivity contribution < 1.29 is 9.53 Å². The van der Waals surface area contributed by atoms with Gasteiger partial charge >= 0.3 is 0 Å². The molecule has 1 heterocycles. The van der Waals surface area contributed by atoms with Gasteiger partial charge in [-0.1, -0.05) is 20.3 Å². The zero-order valence-electron chi connectivity index (χ0n) is 9.03. The van der Waals surface area contributed by atoms with E-state index in [1.165, 1.54) is 0 Å². The van der Waals surface area contributed by atoms with Crippen molar-refractivity contribution in [1.29, 1.82) is 0 Å². The predicted octanol–water partition coefficient (Wildman–Crippen LogP) is 0.219. The maximum atomic E-state index is 11.8. The van der Waals surface area contributed by atoms with E-state index in [0.717, 1.165) is 6.42 Å². The Kier molecular flexibility index (Phi) is 4.35. The van der Waals surface area contributed by atoms with E-state index in [0.29, 0.717) is 26.3 Å². The summed E-state index contributed by atoms with van der Waals surface area (Å²) in [7, 11) is 0. The molecule has 1 saturated heterocycles. The Balaban J connectivity index is 2.46. The largest absolute Gasteiger partial charge is 0.378 e. The van der Waals surface area contributed by atoms with Gasteiger partial charge in [0.25, 0.3) is 0 Å². The van der Waals surface area contributed by atoms with Crippen molar-refractivity contribution in [2.45, 2.75) is 26.3 Å². The lowest BCUT2D eigenvalue weighted by molar-refractivity contribution is -0.137. The zero-order chi connectivity index (χ0) is 10.6. The second-order valence-corrected chi connectivity index (χ2v) is 3.85. The van der Waals surface area contributed by atoms with Crippen LogP contribution in [0, 0.1) is 5.92 Å². The summed E-state index contributed by atoms with van der Waals surface area (Å²) in [6.45, 7) is 6.71. The molecule has 2 atom stereocenters. The second-order valence-electron chi connectivity index (χ2n) is 3.85. The van der Waals surface area contributed by atoms with Crippen LogP contribution < -0.4 is 5.73 Å². The van der Waals surface area contributed by atoms with Crippen LogP contribution in [0.2, 0.25) is 0 Å². The standard InChI is InChI=1S/C10H20N2O2/c1-3-8(2)9(11)10(13)12-4-6-14-7-5-12/h8-9H,3-7,11H2,1-2H3/t8-,9+/m0/s1. The quantitative estimate of drug-likeness (QED) is 0.709. The van der Waals surface area contributed by atoms with Crippen molar-refractivity contribution in [3.63, 3.8) is 0 Å². The van der Waals surface area contributed by atoms with Gasteiger partial charge in [0.1, 0.15) is 0 Å². The number of hydrogen-bond donors (Lipinski definition) is 1. The average Bonchev–Trinajstić information content (AvgIpc) is 2.27. The van der Waals surface area contributed by atoms with E-state index in [1.54, 1.807) is 4.90 Å². The number of hydrogen-bond acceptors (Lipinski definition) is 3. The van der Waals surface area contributed by atoms with Gasteiger partial charge in [-0.25, -0.2) is 0 Å². The first-order valence-corrected chi connectivity index (χ1v) is 5.29. The highest BCUT2D eigenvalue weighted by Crippen LogP contribution is 2.09. The maximum Gasteiger partial charge on any atom is 0.239 e. The lowest BCUT2D eigenvalue weighted by Crippen LogP contribution is -2.50. The molecule has 0 aromatic heterocycles. The van der Waals surface area contributed by atoms with Gasteiger partial charge < -0.3 is 15.4 Å². The lowest BCUT2D eigenvalue weighted by atomic mass is 9.99. The predicted molar refractivity (Wildman–Crippen MR) is 54.8 cm³/mol. The van der Waals surface area contributed by atoms with E-state index in [4.69, 9.17) is 10.5 Å². The zero-order valence-corrected chi connectivity index (χ0v) is 9.03. The number of nitrogens with two attached hydrogens (primary N) is 1. The van der Waals surface area contributed by atoms with Crippen LogP contribution in [-0.4, -0.2) is 43.2 Å². The van der Waals surface area contributed by atoms with Gasteiger partial charge in [0.05, 0.1) is 19.3 Å². The van der Waals surface area contributed by atoms with Gasteiger partial charge in [0.2, 0.25) is 5.91 Å². The van der Waals surface area contributed by atoms with Gasteiger partial charge in [0, 0.05) is 13.1 Å². The minimum atomic E-state index is -0.349. The Morgan fingerprint density at radius 1 is 1.50 bits per heavy atom. The molecule has 0 unspecified atom stereocenters. The number of carbonyl (C=O) groups is 1. The van der Waals surface area contributed by atoms with Crippen LogP contribution in [0.15, 0.2) is 0 Å². The molecule has 0 spiro atoms. The fourth-order valence-corrected chi connectivity index (χ4v) is 1.49. The second kappa shape index (κ2) is 5.32. The Hall–Kier alpha value is -0.610. The molecule has 1 aliphatic rings. The van der Waals surface area contributed by atoms with E-state index in [1.807, 2.05) is 6.92 Å². The fourth-order valence-electron chi connectivity index (χ4n) is 1.49. The molecule has 1 amide bonds. The molecule has 82 valence electrons. The van der Waals surface area contributed by atoms with Gasteiger partial charge in [0.15, 0.2) is 0 Å². The monoisotopic (exact) mass is 200 g/mol. The van der Waals surface area contributed by atoms with Gasteiger partial charge in [-0.2, -0.15) is 0 Å². The molecule has 0 aromatic rings. The minimum Gasteiger partial charge on any atom is -0.378 e. The Labute approximate surface area is 85.4 Å². The van der Waals surface area contributed by atoms with Crippen LogP contribution in [0.1, 0.15) is 20.3 Å². The minimum absolute atomic E-state index is 0.0719. The van der Waals surface area contributed by atoms with E-state index >= 15 is 0 Å². The number of nitrogens with zero attached hydrogens (tertiary/aromatic N) is 1. The fraction of sp³-hybridized carbons (Fsp3) is 0.900. The normalized spacial score (nSPS) is 21.8. The molecule has 0 aliphatic carbocycles. The Bertz CT molecular complexity index is 187. The first-order chi connectivity index (χ1) is 6.66. The molecule has 14 heavy (non-hydrogen) atoms. The molecule has 1 aliphatic heterocycles. The molecule has 4 nitrogen and oxygen atoms in total. The molecule has 0 aromatic carbocycles. The van der Waals surface area contributed by atoms with E-state index in [-0.39, 0.29) is 17.9 Å². The molecule has 0 saturated carbocycles. The summed E-state index contributed by atoms with van der Waals surface area (Å²) in [5.41, 5.74) is 5.87. The van der Waals surface area contributed by atoms with Crippen LogP contribution >= 0.6 is 0 Å². The summed E-state index contributed by atoms with van der Waals surface area (Å²) in [6.07, 6.45) is 0.942. The van der Waals surface area contributed by atoms with Crippen LogP contribution in [0.25, 0.3) is 0 Å². The number of rotatable bonds is 3. The van der Waals surface area contributed by atoms with Gasteiger partial charge in [-0.05, 0) is 5.92 Å². The smallest absolute Gasteiger partial charge is 0.239 e. The van der Waals surface area contributed by atoms with Crippen molar-refractivity contribution in [3.05, 3.63) is 0 Å². The van der Waals surface area contributed by atoms with Crippen molar-refractivity contribution >= 4 is 5.91 Å². The molecule has 1 fully saturated rings. The van der Waals surface area contributed by atoms with Crippen LogP contribution in [0.4, 0.5) is 0 Å². The van der Waals surface area contributed by atoms with E-state index < -0.39 is 0 Å². The summed E-state index contributed by atoms with van der Waals surface area (Å²) in [5.74, 6) is 0.327. The SMILES string of the molecule is CC[C@H](C)[C@@H](N)C(=O)N1CCOCC1. The number of morpholine rings is 1. The van der Waals surface area contributed by atoms with Crippen LogP contribution in [-0.2, 0) is 9.53 Å². The molecule has 2 N–H and O–H groups in total. The molecule has 1 rings (SSSR count). The highest BCUT2D eigenvalue weighted by atomic mass is 16.5. The van der Waals surface area contributed by atoms with Crippen LogP contribution in [0.5, 0.6) is 0 Å². The maximum absolute atomic E-state index is 11.8. The first-order valence-electron chi connectivity index (χ1n) is 5.29. The summed E-state index contributed by atoms with van der Waals surface area (Å²) < 4.78 is 5.18. The number of ether oxygens (including phenoxy) is 1. The van der Waals surface area contributed by atoms with Crippen LogP contribution in [0.3, 0.4) is 0 Å². The van der Waals surface area contributed by atoms with Crippen molar-refractivity contribution in [1.82, 2.24) is 4.90 Å². The number of amides is 1. The molecule has 0 radical (unpaired) electrons. The lowest BCUT2D eigenvalue weighted by Gasteiger charge is -2.30. The van der Waals surface area contributed by atoms with Crippen molar-refractivity contribution in [2.24, 2.45) is 11.7 Å². The third kappa shape index (κ3) is 2.69. The highest BCUT2D eigenvalue weighted by molar-refractivity contribution is 5.82. The topological polar surface area (TPSA) is 55.6 Å². The van der Waals surface area contributed by atoms with Crippen molar-refractivity contribution in [2.75, 3.05) is 26.3 Å². The molecular weight excluding hydrogens is 180 g/mol. The van der Waals surface area contributed by atoms with E-state index in [9.17, 15) is 4.79 Å². The number of carbonyl (C=O) groups excluding carboxylic acids is 1. The summed E-state index contributed by atoms with van der Waals surface area (Å²) in [6, 6.07) is -0.349. The van der Waals surface area contributed by atoms with E-state index in [2.05, 4.69) is 6.92 Å². The summed E-state index contributed by atoms with van der Waals surface area (Å²) in [4.78, 5) is 13.6. The summed E-state index contributed by atoms with van der Waals surface area (Å²) in [5, 5.41) is 0. The summed E-state index contributed by atoms with van der Waals surface area (Å²) >= 11 is 0. The highest BCUT2D eigenvalue weighted by Gasteiger charge is 2.25. The molecule has 0 bridgehead atoms. The van der Waals surface area contributed by atoms with Gasteiger partial charge in [-0.3, -0.25) is 4.79 Å². The third-order valence-electron chi connectivity index (χ3n) is 2.86. The molecular formula is C10H20N2O2. The molecule has 4 heteroatoms. The van der Waals surface area contributed by atoms with Crippen molar-refractivity contribution in [3.8, 4) is 0 Å². The average molecular weight is 200 g/mol. The Morgan fingerprint density at radius 3 is 2.57 bits per heavy atom. The third-order valence-corrected chi connectivity index (χ3v) is 2.86.